The van der Waals surface area contributed by atoms with Crippen LogP contribution in [0.1, 0.15) is 17.3 Å². The zero-order chi connectivity index (χ0) is 12.4. The third-order valence-electron chi connectivity index (χ3n) is 2.45. The van der Waals surface area contributed by atoms with Crippen molar-refractivity contribution in [2.24, 2.45) is 0 Å². The molecule has 17 heavy (non-hydrogen) atoms. The van der Waals surface area contributed by atoms with Crippen LogP contribution in [-0.2, 0) is 6.54 Å². The van der Waals surface area contributed by atoms with Gasteiger partial charge in [-0.3, -0.25) is 0 Å². The maximum absolute atomic E-state index is 13.3. The van der Waals surface area contributed by atoms with Crippen molar-refractivity contribution in [1.82, 2.24) is 4.98 Å². The van der Waals surface area contributed by atoms with Crippen LogP contribution in [0.5, 0.6) is 0 Å². The fourth-order valence-corrected chi connectivity index (χ4v) is 1.45. The number of para-hydroxylation sites is 1. The molecule has 0 atom stereocenters. The molecular weight excluding hydrogens is 226 g/mol. The molecule has 1 N–H and O–H groups in total. The number of oxazole rings is 1. The highest BCUT2D eigenvalue weighted by Crippen LogP contribution is 2.19. The van der Waals surface area contributed by atoms with E-state index in [1.54, 1.807) is 6.92 Å². The van der Waals surface area contributed by atoms with Crippen LogP contribution in [0.3, 0.4) is 0 Å². The summed E-state index contributed by atoms with van der Waals surface area (Å²) >= 11 is 0. The van der Waals surface area contributed by atoms with Gasteiger partial charge in [0.2, 0.25) is 5.89 Å². The molecule has 90 valence electrons. The number of hydrogen-bond acceptors (Lipinski definition) is 3. The summed E-state index contributed by atoms with van der Waals surface area (Å²) in [5.74, 6) is -0.159. The van der Waals surface area contributed by atoms with E-state index in [9.17, 15) is 8.78 Å². The van der Waals surface area contributed by atoms with Gasteiger partial charge >= 0.3 is 0 Å². The number of rotatable bonds is 3. The summed E-state index contributed by atoms with van der Waals surface area (Å²) in [4.78, 5) is 4.11. The van der Waals surface area contributed by atoms with Gasteiger partial charge in [-0.2, -0.15) is 0 Å². The summed E-state index contributed by atoms with van der Waals surface area (Å²) in [6, 6.07) is 3.70. The number of halogens is 2. The van der Waals surface area contributed by atoms with Crippen molar-refractivity contribution in [2.45, 2.75) is 20.4 Å². The molecule has 2 aromatic rings. The molecule has 0 aliphatic carbocycles. The molecule has 1 aromatic carbocycles. The molecule has 1 aromatic heterocycles. The second-order valence-electron chi connectivity index (χ2n) is 3.70. The Hall–Kier alpha value is -1.91. The standard InChI is InChI=1S/C12H12F2N2O/c1-7-8(2)17-11(16-7)6-15-12-9(13)4-3-5-10(12)14/h3-5,15H,6H2,1-2H3. The number of nitrogens with zero attached hydrogens (tertiary/aromatic N) is 1. The lowest BCUT2D eigenvalue weighted by Crippen LogP contribution is -2.04. The Bertz CT molecular complexity index is 498. The third kappa shape index (κ3) is 2.43. The quantitative estimate of drug-likeness (QED) is 0.892. The van der Waals surface area contributed by atoms with Crippen LogP contribution < -0.4 is 5.32 Å². The van der Waals surface area contributed by atoms with Gasteiger partial charge in [0.15, 0.2) is 0 Å². The van der Waals surface area contributed by atoms with Crippen LogP contribution in [0, 0.1) is 25.5 Å². The van der Waals surface area contributed by atoms with Crippen molar-refractivity contribution in [3.8, 4) is 0 Å². The van der Waals surface area contributed by atoms with E-state index in [1.165, 1.54) is 18.2 Å². The molecule has 0 unspecified atom stereocenters. The number of aryl methyl sites for hydroxylation is 2. The average Bonchev–Trinajstić information content (AvgIpc) is 2.58. The van der Waals surface area contributed by atoms with Gasteiger partial charge in [0, 0.05) is 0 Å². The lowest BCUT2D eigenvalue weighted by molar-refractivity contribution is 0.477. The van der Waals surface area contributed by atoms with Gasteiger partial charge in [-0.1, -0.05) is 6.07 Å². The van der Waals surface area contributed by atoms with Gasteiger partial charge in [0.1, 0.15) is 23.1 Å². The minimum atomic E-state index is -0.634. The Morgan fingerprint density at radius 2 is 1.88 bits per heavy atom. The molecule has 0 spiro atoms. The first-order valence-electron chi connectivity index (χ1n) is 5.18. The van der Waals surface area contributed by atoms with Gasteiger partial charge in [-0.05, 0) is 26.0 Å². The summed E-state index contributed by atoms with van der Waals surface area (Å²) in [6.07, 6.45) is 0. The van der Waals surface area contributed by atoms with Crippen LogP contribution in [-0.4, -0.2) is 4.98 Å². The van der Waals surface area contributed by atoms with Gasteiger partial charge in [-0.25, -0.2) is 13.8 Å². The molecule has 1 heterocycles. The Kier molecular flexibility index (Phi) is 3.08. The summed E-state index contributed by atoms with van der Waals surface area (Å²) in [6.45, 7) is 3.74. The molecule has 5 heteroatoms. The summed E-state index contributed by atoms with van der Waals surface area (Å²) in [5.41, 5.74) is 0.608. The van der Waals surface area contributed by atoms with Crippen molar-refractivity contribution in [1.29, 1.82) is 0 Å². The lowest BCUT2D eigenvalue weighted by atomic mass is 10.3. The Labute approximate surface area is 97.5 Å². The molecule has 0 aliphatic heterocycles. The molecule has 2 rings (SSSR count). The first-order valence-corrected chi connectivity index (χ1v) is 5.18. The molecule has 3 nitrogen and oxygen atoms in total. The lowest BCUT2D eigenvalue weighted by Gasteiger charge is -2.05. The van der Waals surface area contributed by atoms with Gasteiger partial charge in [0.25, 0.3) is 0 Å². The van der Waals surface area contributed by atoms with Crippen LogP contribution in [0.2, 0.25) is 0 Å². The minimum Gasteiger partial charge on any atom is -0.444 e. The van der Waals surface area contributed by atoms with E-state index in [4.69, 9.17) is 4.42 Å². The molecule has 0 saturated carbocycles. The molecule has 0 aliphatic rings. The Morgan fingerprint density at radius 3 is 2.41 bits per heavy atom. The largest absolute Gasteiger partial charge is 0.444 e. The first-order chi connectivity index (χ1) is 8.08. The number of aromatic nitrogens is 1. The monoisotopic (exact) mass is 238 g/mol. The molecule has 0 radical (unpaired) electrons. The second kappa shape index (κ2) is 4.53. The molecule has 0 bridgehead atoms. The summed E-state index contributed by atoms with van der Waals surface area (Å²) < 4.78 is 31.9. The smallest absolute Gasteiger partial charge is 0.213 e. The van der Waals surface area contributed by atoms with Crippen molar-refractivity contribution in [2.75, 3.05) is 5.32 Å². The highest BCUT2D eigenvalue weighted by Gasteiger charge is 2.10. The summed E-state index contributed by atoms with van der Waals surface area (Å²) in [5, 5.41) is 2.63. The van der Waals surface area contributed by atoms with Crippen LogP contribution in [0.15, 0.2) is 22.6 Å². The zero-order valence-corrected chi connectivity index (χ0v) is 9.55. The molecular formula is C12H12F2N2O. The van der Waals surface area contributed by atoms with E-state index < -0.39 is 11.6 Å². The topological polar surface area (TPSA) is 38.1 Å². The second-order valence-corrected chi connectivity index (χ2v) is 3.70. The average molecular weight is 238 g/mol. The maximum atomic E-state index is 13.3. The summed E-state index contributed by atoms with van der Waals surface area (Å²) in [7, 11) is 0. The minimum absolute atomic E-state index is 0.145. The van der Waals surface area contributed by atoms with Gasteiger partial charge in [0.05, 0.1) is 12.2 Å². The first kappa shape index (κ1) is 11.6. The van der Waals surface area contributed by atoms with Gasteiger partial charge < -0.3 is 9.73 Å². The van der Waals surface area contributed by atoms with Crippen molar-refractivity contribution in [3.05, 3.63) is 47.2 Å². The van der Waals surface area contributed by atoms with Crippen LogP contribution in [0.4, 0.5) is 14.5 Å². The number of hydrogen-bond donors (Lipinski definition) is 1. The van der Waals surface area contributed by atoms with E-state index in [1.807, 2.05) is 6.92 Å². The molecule has 0 amide bonds. The SMILES string of the molecule is Cc1nc(CNc2c(F)cccc2F)oc1C. The Balaban J connectivity index is 2.12. The van der Waals surface area contributed by atoms with Crippen LogP contribution >= 0.6 is 0 Å². The predicted molar refractivity (Wildman–Crippen MR) is 59.7 cm³/mol. The number of benzene rings is 1. The zero-order valence-electron chi connectivity index (χ0n) is 9.55. The van der Waals surface area contributed by atoms with Crippen molar-refractivity contribution >= 4 is 5.69 Å². The highest BCUT2D eigenvalue weighted by molar-refractivity contribution is 5.45. The van der Waals surface area contributed by atoms with Crippen molar-refractivity contribution < 1.29 is 13.2 Å². The van der Waals surface area contributed by atoms with Crippen molar-refractivity contribution in [3.63, 3.8) is 0 Å². The fraction of sp³-hybridized carbons (Fsp3) is 0.250. The highest BCUT2D eigenvalue weighted by atomic mass is 19.1. The van der Waals surface area contributed by atoms with E-state index >= 15 is 0 Å². The number of anilines is 1. The predicted octanol–water partition coefficient (Wildman–Crippen LogP) is 3.18. The fourth-order valence-electron chi connectivity index (χ4n) is 1.45. The Morgan fingerprint density at radius 1 is 1.24 bits per heavy atom. The van der Waals surface area contributed by atoms with E-state index in [2.05, 4.69) is 10.3 Å². The van der Waals surface area contributed by atoms with Gasteiger partial charge in [-0.15, -0.1) is 0 Å². The number of nitrogens with one attached hydrogen (secondary N) is 1. The van der Waals surface area contributed by atoms with E-state index in [-0.39, 0.29) is 12.2 Å². The molecule has 0 saturated heterocycles. The molecule has 0 fully saturated rings. The maximum Gasteiger partial charge on any atom is 0.213 e. The van der Waals surface area contributed by atoms with E-state index in [0.717, 1.165) is 5.69 Å². The normalized spacial score (nSPS) is 10.6. The van der Waals surface area contributed by atoms with E-state index in [0.29, 0.717) is 11.7 Å². The van der Waals surface area contributed by atoms with Crippen LogP contribution in [0.25, 0.3) is 0 Å². The third-order valence-corrected chi connectivity index (χ3v) is 2.45.